The first-order chi connectivity index (χ1) is 7.77. The molecule has 2 N–H and O–H groups in total. The van der Waals surface area contributed by atoms with E-state index in [0.717, 1.165) is 25.8 Å². The fourth-order valence-corrected chi connectivity index (χ4v) is 2.29. The van der Waals surface area contributed by atoms with Crippen LogP contribution in [-0.2, 0) is 6.54 Å². The van der Waals surface area contributed by atoms with E-state index in [1.165, 1.54) is 17.5 Å². The molecule has 0 aromatic carbocycles. The molecule has 0 saturated heterocycles. The van der Waals surface area contributed by atoms with Crippen LogP contribution < -0.4 is 5.32 Å². The van der Waals surface area contributed by atoms with E-state index in [9.17, 15) is 5.11 Å². The van der Waals surface area contributed by atoms with Crippen molar-refractivity contribution >= 4 is 0 Å². The number of rotatable bonds is 3. The Kier molecular flexibility index (Phi) is 3.91. The highest BCUT2D eigenvalue weighted by molar-refractivity contribution is 5.21. The summed E-state index contributed by atoms with van der Waals surface area (Å²) in [4.78, 5) is 4.08. The Bertz CT molecular complexity index is 340. The molecule has 1 fully saturated rings. The third kappa shape index (κ3) is 2.80. The molecule has 2 rings (SSSR count). The summed E-state index contributed by atoms with van der Waals surface area (Å²) < 4.78 is 0. The third-order valence-corrected chi connectivity index (χ3v) is 3.42. The van der Waals surface area contributed by atoms with Gasteiger partial charge < -0.3 is 10.4 Å². The van der Waals surface area contributed by atoms with Gasteiger partial charge in [0.05, 0.1) is 6.10 Å². The molecule has 0 unspecified atom stereocenters. The van der Waals surface area contributed by atoms with Crippen LogP contribution in [0.5, 0.6) is 0 Å². The van der Waals surface area contributed by atoms with Gasteiger partial charge in [0.1, 0.15) is 0 Å². The number of aliphatic hydroxyl groups is 1. The van der Waals surface area contributed by atoms with Gasteiger partial charge in [0, 0.05) is 25.0 Å². The summed E-state index contributed by atoms with van der Waals surface area (Å²) in [6.45, 7) is 2.90. The highest BCUT2D eigenvalue weighted by atomic mass is 16.3. The third-order valence-electron chi connectivity index (χ3n) is 3.42. The van der Waals surface area contributed by atoms with E-state index in [2.05, 4.69) is 17.2 Å². The summed E-state index contributed by atoms with van der Waals surface area (Å²) in [7, 11) is 0. The summed E-state index contributed by atoms with van der Waals surface area (Å²) in [5.74, 6) is 0. The first-order valence-electron chi connectivity index (χ1n) is 6.08. The molecule has 1 aliphatic rings. The predicted molar refractivity (Wildman–Crippen MR) is 64.1 cm³/mol. The number of aliphatic hydroxyl groups excluding tert-OH is 1. The highest BCUT2D eigenvalue weighted by Gasteiger charge is 2.22. The normalized spacial score (nSPS) is 25.6. The molecule has 0 aliphatic heterocycles. The molecule has 1 heterocycles. The van der Waals surface area contributed by atoms with Crippen LogP contribution in [0.3, 0.4) is 0 Å². The zero-order valence-corrected chi connectivity index (χ0v) is 9.82. The molecule has 1 aliphatic carbocycles. The molecule has 0 bridgehead atoms. The predicted octanol–water partition coefficient (Wildman–Crippen LogP) is 1.78. The van der Waals surface area contributed by atoms with Gasteiger partial charge in [-0.3, -0.25) is 4.98 Å². The van der Waals surface area contributed by atoms with Crippen LogP contribution in [0, 0.1) is 6.92 Å². The molecule has 16 heavy (non-hydrogen) atoms. The monoisotopic (exact) mass is 220 g/mol. The molecular formula is C13H20N2O. The first kappa shape index (κ1) is 11.6. The van der Waals surface area contributed by atoms with Crippen molar-refractivity contribution < 1.29 is 5.11 Å². The smallest absolute Gasteiger partial charge is 0.0693 e. The van der Waals surface area contributed by atoms with Gasteiger partial charge in [0.15, 0.2) is 0 Å². The molecule has 0 radical (unpaired) electrons. The van der Waals surface area contributed by atoms with Gasteiger partial charge in [0.25, 0.3) is 0 Å². The van der Waals surface area contributed by atoms with Gasteiger partial charge in [-0.2, -0.15) is 0 Å². The second kappa shape index (κ2) is 5.41. The van der Waals surface area contributed by atoms with Gasteiger partial charge >= 0.3 is 0 Å². The lowest BCUT2D eigenvalue weighted by atomic mass is 9.92. The molecular weight excluding hydrogens is 200 g/mol. The van der Waals surface area contributed by atoms with Crippen molar-refractivity contribution in [1.29, 1.82) is 0 Å². The Morgan fingerprint density at radius 3 is 3.00 bits per heavy atom. The molecule has 0 spiro atoms. The average molecular weight is 220 g/mol. The molecule has 2 atom stereocenters. The molecule has 0 amide bonds. The van der Waals surface area contributed by atoms with Crippen molar-refractivity contribution in [2.24, 2.45) is 0 Å². The second-order valence-corrected chi connectivity index (χ2v) is 4.64. The van der Waals surface area contributed by atoms with Crippen LogP contribution >= 0.6 is 0 Å². The first-order valence-corrected chi connectivity index (χ1v) is 6.08. The number of aryl methyl sites for hydroxylation is 1. The summed E-state index contributed by atoms with van der Waals surface area (Å²) in [6.07, 6.45) is 7.95. The Hall–Kier alpha value is -0.930. The van der Waals surface area contributed by atoms with E-state index < -0.39 is 0 Å². The minimum Gasteiger partial charge on any atom is -0.392 e. The average Bonchev–Trinajstić information content (AvgIpc) is 2.30. The van der Waals surface area contributed by atoms with Crippen LogP contribution in [0.2, 0.25) is 0 Å². The summed E-state index contributed by atoms with van der Waals surface area (Å²) in [5.41, 5.74) is 2.48. The quantitative estimate of drug-likeness (QED) is 0.816. The van der Waals surface area contributed by atoms with Crippen LogP contribution in [0.25, 0.3) is 0 Å². The Labute approximate surface area is 96.9 Å². The van der Waals surface area contributed by atoms with E-state index in [0.29, 0.717) is 0 Å². The minimum atomic E-state index is -0.170. The van der Waals surface area contributed by atoms with Crippen molar-refractivity contribution in [2.75, 3.05) is 0 Å². The topological polar surface area (TPSA) is 45.2 Å². The summed E-state index contributed by atoms with van der Waals surface area (Å²) >= 11 is 0. The highest BCUT2D eigenvalue weighted by Crippen LogP contribution is 2.19. The zero-order valence-electron chi connectivity index (χ0n) is 9.82. The Balaban J connectivity index is 1.89. The van der Waals surface area contributed by atoms with E-state index in [4.69, 9.17) is 0 Å². The van der Waals surface area contributed by atoms with Gasteiger partial charge in [-0.15, -0.1) is 0 Å². The Morgan fingerprint density at radius 1 is 1.44 bits per heavy atom. The summed E-state index contributed by atoms with van der Waals surface area (Å²) in [5, 5.41) is 13.3. The lowest BCUT2D eigenvalue weighted by molar-refractivity contribution is 0.0902. The van der Waals surface area contributed by atoms with Crippen molar-refractivity contribution in [3.8, 4) is 0 Å². The number of hydrogen-bond donors (Lipinski definition) is 2. The van der Waals surface area contributed by atoms with Gasteiger partial charge in [-0.25, -0.2) is 0 Å². The number of pyridine rings is 1. The number of nitrogens with one attached hydrogen (secondary N) is 1. The zero-order chi connectivity index (χ0) is 11.4. The van der Waals surface area contributed by atoms with Gasteiger partial charge in [-0.1, -0.05) is 12.8 Å². The molecule has 3 nitrogen and oxygen atoms in total. The van der Waals surface area contributed by atoms with Crippen molar-refractivity contribution in [2.45, 2.75) is 51.3 Å². The summed E-state index contributed by atoms with van der Waals surface area (Å²) in [6, 6.07) is 2.30. The van der Waals surface area contributed by atoms with Crippen LogP contribution in [0.1, 0.15) is 36.8 Å². The van der Waals surface area contributed by atoms with Gasteiger partial charge in [-0.05, 0) is 37.0 Å². The SMILES string of the molecule is Cc1cnccc1CN[C@H]1CCCC[C@@H]1O. The second-order valence-electron chi connectivity index (χ2n) is 4.64. The van der Waals surface area contributed by atoms with Crippen LogP contribution in [0.4, 0.5) is 0 Å². The van der Waals surface area contributed by atoms with Crippen molar-refractivity contribution in [3.63, 3.8) is 0 Å². The minimum absolute atomic E-state index is 0.170. The molecule has 3 heteroatoms. The Morgan fingerprint density at radius 2 is 2.25 bits per heavy atom. The van der Waals surface area contributed by atoms with Crippen LogP contribution in [-0.4, -0.2) is 22.2 Å². The fraction of sp³-hybridized carbons (Fsp3) is 0.615. The molecule has 1 aromatic rings. The largest absolute Gasteiger partial charge is 0.392 e. The maximum absolute atomic E-state index is 9.84. The molecule has 1 aromatic heterocycles. The maximum Gasteiger partial charge on any atom is 0.0693 e. The number of hydrogen-bond acceptors (Lipinski definition) is 3. The number of nitrogens with zero attached hydrogens (tertiary/aromatic N) is 1. The lowest BCUT2D eigenvalue weighted by Crippen LogP contribution is -2.41. The van der Waals surface area contributed by atoms with Crippen molar-refractivity contribution in [1.82, 2.24) is 10.3 Å². The van der Waals surface area contributed by atoms with E-state index >= 15 is 0 Å². The van der Waals surface area contributed by atoms with E-state index in [1.807, 2.05) is 18.5 Å². The fourth-order valence-electron chi connectivity index (χ4n) is 2.29. The number of aromatic nitrogens is 1. The van der Waals surface area contributed by atoms with Crippen LogP contribution in [0.15, 0.2) is 18.5 Å². The van der Waals surface area contributed by atoms with E-state index in [-0.39, 0.29) is 12.1 Å². The van der Waals surface area contributed by atoms with E-state index in [1.54, 1.807) is 0 Å². The molecule has 88 valence electrons. The lowest BCUT2D eigenvalue weighted by Gasteiger charge is -2.28. The maximum atomic E-state index is 9.84. The standard InChI is InChI=1S/C13H20N2O/c1-10-8-14-7-6-11(10)9-15-12-4-2-3-5-13(12)16/h6-8,12-13,15-16H,2-5,9H2,1H3/t12-,13-/m0/s1. The molecule has 1 saturated carbocycles. The van der Waals surface area contributed by atoms with Crippen molar-refractivity contribution in [3.05, 3.63) is 29.6 Å². The van der Waals surface area contributed by atoms with Gasteiger partial charge in [0.2, 0.25) is 0 Å².